The lowest BCUT2D eigenvalue weighted by molar-refractivity contribution is -0.143. The topological polar surface area (TPSA) is 73.2 Å². The third kappa shape index (κ3) is 2.98. The van der Waals surface area contributed by atoms with Crippen LogP contribution in [0.4, 0.5) is 4.79 Å². The highest BCUT2D eigenvalue weighted by atomic mass is 16.2. The van der Waals surface area contributed by atoms with Crippen LogP contribution in [0.5, 0.6) is 0 Å². The summed E-state index contributed by atoms with van der Waals surface area (Å²) >= 11 is 0. The molecule has 2 amide bonds. The average molecular weight is 313 g/mol. The normalized spacial score (nSPS) is 35.4. The van der Waals surface area contributed by atoms with Crippen molar-refractivity contribution in [3.63, 3.8) is 0 Å². The molecule has 1 atom stereocenters. The number of likely N-dealkylation sites (N-methyl/N-ethyl adjacent to an activating group) is 1. The standard InChI is InChI=1S/C17H24BN3O2/c1-2-21(4-3-19)15(22)14(20-16(18)23)17-8-11-5-12(9-17)7-13(6-11)10-17/h11-14H,2,4-10H2,1H3,(H,20,23). The van der Waals surface area contributed by atoms with Gasteiger partial charge in [0.15, 0.2) is 5.81 Å². The lowest BCUT2D eigenvalue weighted by Gasteiger charge is -2.59. The van der Waals surface area contributed by atoms with E-state index in [4.69, 9.17) is 13.1 Å². The minimum Gasteiger partial charge on any atom is -0.354 e. The average Bonchev–Trinajstić information content (AvgIpc) is 2.48. The van der Waals surface area contributed by atoms with Gasteiger partial charge in [0.05, 0.1) is 6.07 Å². The van der Waals surface area contributed by atoms with E-state index in [-0.39, 0.29) is 17.9 Å². The zero-order valence-electron chi connectivity index (χ0n) is 13.8. The lowest BCUT2D eigenvalue weighted by Crippen LogP contribution is -2.62. The van der Waals surface area contributed by atoms with Crippen LogP contribution >= 0.6 is 0 Å². The molecule has 0 spiro atoms. The van der Waals surface area contributed by atoms with E-state index in [9.17, 15) is 9.59 Å². The fraction of sp³-hybridized carbons (Fsp3) is 0.824. The molecule has 4 saturated carbocycles. The number of nitriles is 1. The summed E-state index contributed by atoms with van der Waals surface area (Å²) in [5.74, 6) is 1.24. The predicted molar refractivity (Wildman–Crippen MR) is 86.5 cm³/mol. The molecule has 0 saturated heterocycles. The summed E-state index contributed by atoms with van der Waals surface area (Å²) in [4.78, 5) is 26.1. The maximum absolute atomic E-state index is 13.0. The van der Waals surface area contributed by atoms with Crippen molar-refractivity contribution in [1.82, 2.24) is 10.2 Å². The van der Waals surface area contributed by atoms with E-state index in [1.54, 1.807) is 0 Å². The van der Waals surface area contributed by atoms with Gasteiger partial charge in [0.25, 0.3) is 0 Å². The number of nitrogens with zero attached hydrogens (tertiary/aromatic N) is 2. The third-order valence-corrected chi connectivity index (χ3v) is 6.19. The number of carbonyl (C=O) groups excluding carboxylic acids is 2. The minimum atomic E-state index is -0.646. The van der Waals surface area contributed by atoms with Gasteiger partial charge >= 0.3 is 0 Å². The van der Waals surface area contributed by atoms with Gasteiger partial charge in [0, 0.05) is 12.0 Å². The molecule has 2 radical (unpaired) electrons. The van der Waals surface area contributed by atoms with Crippen LogP contribution in [-0.2, 0) is 4.79 Å². The quantitative estimate of drug-likeness (QED) is 0.621. The molecule has 1 unspecified atom stereocenters. The highest BCUT2D eigenvalue weighted by Crippen LogP contribution is 2.61. The van der Waals surface area contributed by atoms with Gasteiger partial charge in [0.2, 0.25) is 13.8 Å². The Morgan fingerprint density at radius 1 is 1.26 bits per heavy atom. The molecule has 4 aliphatic rings. The Morgan fingerprint density at radius 2 is 1.78 bits per heavy atom. The van der Waals surface area contributed by atoms with Crippen molar-refractivity contribution in [2.75, 3.05) is 13.1 Å². The van der Waals surface area contributed by atoms with E-state index in [1.807, 2.05) is 13.0 Å². The highest BCUT2D eigenvalue weighted by molar-refractivity contribution is 6.57. The number of amides is 2. The van der Waals surface area contributed by atoms with Crippen LogP contribution in [-0.4, -0.2) is 43.6 Å². The molecule has 1 N–H and O–H groups in total. The number of carbonyl (C=O) groups is 2. The molecule has 0 aromatic heterocycles. The molecular formula is C17H24BN3O2. The van der Waals surface area contributed by atoms with Crippen molar-refractivity contribution in [2.45, 2.75) is 51.5 Å². The maximum Gasteiger partial charge on any atom is 0.246 e. The van der Waals surface area contributed by atoms with Crippen LogP contribution in [0.15, 0.2) is 0 Å². The second kappa shape index (κ2) is 6.18. The summed E-state index contributed by atoms with van der Waals surface area (Å²) in [6.45, 7) is 2.38. The first-order valence-electron chi connectivity index (χ1n) is 8.69. The van der Waals surface area contributed by atoms with Crippen LogP contribution in [0, 0.1) is 34.5 Å². The van der Waals surface area contributed by atoms with Gasteiger partial charge in [-0.3, -0.25) is 9.59 Å². The van der Waals surface area contributed by atoms with Gasteiger partial charge in [-0.2, -0.15) is 5.26 Å². The molecular weight excluding hydrogens is 289 g/mol. The second-order valence-electron chi connectivity index (χ2n) is 7.73. The molecule has 4 bridgehead atoms. The first kappa shape index (κ1) is 16.4. The van der Waals surface area contributed by atoms with E-state index in [0.29, 0.717) is 24.3 Å². The maximum atomic E-state index is 13.0. The van der Waals surface area contributed by atoms with E-state index >= 15 is 0 Å². The van der Waals surface area contributed by atoms with Gasteiger partial charge < -0.3 is 10.2 Å². The number of nitrogens with one attached hydrogen (secondary N) is 1. The smallest absolute Gasteiger partial charge is 0.246 e. The molecule has 6 heteroatoms. The van der Waals surface area contributed by atoms with Crippen molar-refractivity contribution < 1.29 is 9.59 Å². The molecule has 122 valence electrons. The molecule has 4 fully saturated rings. The van der Waals surface area contributed by atoms with Gasteiger partial charge in [0.1, 0.15) is 12.6 Å². The molecule has 4 aliphatic carbocycles. The highest BCUT2D eigenvalue weighted by Gasteiger charge is 2.56. The third-order valence-electron chi connectivity index (χ3n) is 6.19. The van der Waals surface area contributed by atoms with Crippen molar-refractivity contribution >= 4 is 19.6 Å². The Morgan fingerprint density at radius 3 is 2.17 bits per heavy atom. The molecule has 0 heterocycles. The van der Waals surface area contributed by atoms with Gasteiger partial charge in [-0.1, -0.05) is 0 Å². The van der Waals surface area contributed by atoms with Crippen molar-refractivity contribution in [2.24, 2.45) is 23.2 Å². The Balaban J connectivity index is 1.88. The van der Waals surface area contributed by atoms with Crippen LogP contribution in [0.2, 0.25) is 0 Å². The summed E-state index contributed by atoms with van der Waals surface area (Å²) in [6.07, 6.45) is 6.81. The van der Waals surface area contributed by atoms with Crippen molar-refractivity contribution in [3.05, 3.63) is 0 Å². The van der Waals surface area contributed by atoms with Crippen LogP contribution in [0.3, 0.4) is 0 Å². The molecule has 5 nitrogen and oxygen atoms in total. The largest absolute Gasteiger partial charge is 0.354 e. The Hall–Kier alpha value is -1.51. The van der Waals surface area contributed by atoms with E-state index in [0.717, 1.165) is 19.3 Å². The van der Waals surface area contributed by atoms with Crippen LogP contribution < -0.4 is 5.32 Å². The summed E-state index contributed by atoms with van der Waals surface area (Å²) < 4.78 is 0. The lowest BCUT2D eigenvalue weighted by atomic mass is 9.47. The van der Waals surface area contributed by atoms with Gasteiger partial charge in [-0.25, -0.2) is 0 Å². The summed E-state index contributed by atoms with van der Waals surface area (Å²) in [5.41, 5.74) is -0.163. The Labute approximate surface area is 139 Å². The number of hydrogen-bond acceptors (Lipinski definition) is 3. The summed E-state index contributed by atoms with van der Waals surface area (Å²) in [7, 11) is 5.38. The fourth-order valence-electron chi connectivity index (χ4n) is 5.76. The number of hydrogen-bond donors (Lipinski definition) is 1. The van der Waals surface area contributed by atoms with Crippen molar-refractivity contribution in [3.8, 4) is 6.07 Å². The molecule has 0 aromatic rings. The summed E-state index contributed by atoms with van der Waals surface area (Å²) in [5, 5.41) is 11.7. The second-order valence-corrected chi connectivity index (χ2v) is 7.73. The molecule has 4 rings (SSSR count). The SMILES string of the molecule is [B]C(=O)NC(C(=O)N(CC)CC#N)C12CC3CC(CC(C3)C1)C2. The van der Waals surface area contributed by atoms with Gasteiger partial charge in [-0.15, -0.1) is 0 Å². The number of rotatable bonds is 5. The monoisotopic (exact) mass is 313 g/mol. The fourth-order valence-corrected chi connectivity index (χ4v) is 5.76. The van der Waals surface area contributed by atoms with Crippen LogP contribution in [0.1, 0.15) is 45.4 Å². The van der Waals surface area contributed by atoms with E-state index < -0.39 is 11.8 Å². The predicted octanol–water partition coefficient (Wildman–Crippen LogP) is 1.82. The van der Waals surface area contributed by atoms with Gasteiger partial charge in [-0.05, 0) is 63.2 Å². The Bertz CT molecular complexity index is 507. The molecule has 0 aromatic carbocycles. The first-order chi connectivity index (χ1) is 11.0. The molecule has 23 heavy (non-hydrogen) atoms. The Kier molecular flexibility index (Phi) is 4.40. The van der Waals surface area contributed by atoms with E-state index in [1.165, 1.54) is 24.2 Å². The first-order valence-corrected chi connectivity index (χ1v) is 8.69. The zero-order chi connectivity index (χ0) is 16.6. The summed E-state index contributed by atoms with van der Waals surface area (Å²) in [6, 6.07) is 1.46. The van der Waals surface area contributed by atoms with Crippen molar-refractivity contribution in [1.29, 1.82) is 5.26 Å². The molecule has 0 aliphatic heterocycles. The van der Waals surface area contributed by atoms with Crippen LogP contribution in [0.25, 0.3) is 0 Å². The zero-order valence-corrected chi connectivity index (χ0v) is 13.8. The van der Waals surface area contributed by atoms with E-state index in [2.05, 4.69) is 5.32 Å². The minimum absolute atomic E-state index is 0.0542.